The molecule has 1 amide bonds. The van der Waals surface area contributed by atoms with Gasteiger partial charge >= 0.3 is 6.09 Å². The summed E-state index contributed by atoms with van der Waals surface area (Å²) in [5, 5.41) is 0. The van der Waals surface area contributed by atoms with Gasteiger partial charge in [-0.1, -0.05) is 0 Å². The zero-order chi connectivity index (χ0) is 12.7. The molecule has 1 aromatic heterocycles. The molecule has 0 fully saturated rings. The zero-order valence-electron chi connectivity index (χ0n) is 10.4. The molecule has 0 saturated carbocycles. The van der Waals surface area contributed by atoms with Gasteiger partial charge in [0.05, 0.1) is 10.4 Å². The van der Waals surface area contributed by atoms with E-state index in [2.05, 4.69) is 15.9 Å². The molecule has 0 saturated heterocycles. The smallest absolute Gasteiger partial charge is 0.409 e. The lowest BCUT2D eigenvalue weighted by Crippen LogP contribution is -2.34. The van der Waals surface area contributed by atoms with E-state index in [1.54, 1.807) is 0 Å². The molecule has 1 aliphatic heterocycles. The highest BCUT2D eigenvalue weighted by atomic mass is 79.9. The van der Waals surface area contributed by atoms with Gasteiger partial charge in [-0.05, 0) is 53.2 Å². The minimum absolute atomic E-state index is 0.153. The van der Waals surface area contributed by atoms with E-state index >= 15 is 0 Å². The topological polar surface area (TPSA) is 29.5 Å². The van der Waals surface area contributed by atoms with Crippen LogP contribution in [-0.2, 0) is 17.6 Å². The lowest BCUT2D eigenvalue weighted by molar-refractivity contribution is 0.106. The van der Waals surface area contributed by atoms with Crippen molar-refractivity contribution in [2.24, 2.45) is 0 Å². The molecule has 5 heteroatoms. The molecule has 0 radical (unpaired) electrons. The predicted octanol–water partition coefficient (Wildman–Crippen LogP) is 3.56. The summed E-state index contributed by atoms with van der Waals surface area (Å²) in [6, 6.07) is 0. The van der Waals surface area contributed by atoms with Crippen molar-refractivity contribution in [3.05, 3.63) is 19.8 Å². The number of thiophene rings is 1. The molecule has 0 spiro atoms. The summed E-state index contributed by atoms with van der Waals surface area (Å²) in [6.45, 7) is 3.92. The second-order valence-electron chi connectivity index (χ2n) is 4.82. The molecule has 1 aliphatic carbocycles. The highest BCUT2D eigenvalue weighted by Crippen LogP contribution is 2.46. The molecular weight excluding hydrogens is 314 g/mol. The number of halogens is 1. The van der Waals surface area contributed by atoms with Crippen molar-refractivity contribution in [2.45, 2.75) is 32.1 Å². The summed E-state index contributed by atoms with van der Waals surface area (Å²) in [7, 11) is 0. The molecule has 3 rings (SSSR count). The van der Waals surface area contributed by atoms with Crippen LogP contribution in [0.4, 0.5) is 4.79 Å². The fourth-order valence-electron chi connectivity index (χ4n) is 3.01. The number of carbonyl (C=O) groups is 1. The van der Waals surface area contributed by atoms with Gasteiger partial charge in [-0.15, -0.1) is 11.3 Å². The number of hydrogen-bond donors (Lipinski definition) is 0. The van der Waals surface area contributed by atoms with Crippen molar-refractivity contribution in [1.82, 2.24) is 4.90 Å². The number of rotatable bonds is 1. The van der Waals surface area contributed by atoms with Crippen LogP contribution < -0.4 is 0 Å². The summed E-state index contributed by atoms with van der Waals surface area (Å²) >= 11 is 5.52. The Kier molecular flexibility index (Phi) is 3.36. The molecule has 98 valence electrons. The number of hydrogen-bond acceptors (Lipinski definition) is 3. The molecule has 3 nitrogen and oxygen atoms in total. The van der Waals surface area contributed by atoms with Gasteiger partial charge in [0.1, 0.15) is 0 Å². The van der Waals surface area contributed by atoms with E-state index in [0.29, 0.717) is 12.5 Å². The van der Waals surface area contributed by atoms with Crippen LogP contribution in [0.1, 0.15) is 35.3 Å². The van der Waals surface area contributed by atoms with E-state index in [-0.39, 0.29) is 6.09 Å². The highest BCUT2D eigenvalue weighted by molar-refractivity contribution is 9.11. The number of nitrogens with zero attached hydrogens (tertiary/aromatic N) is 1. The molecule has 0 bridgehead atoms. The molecule has 2 aliphatic rings. The molecule has 2 heterocycles. The van der Waals surface area contributed by atoms with Crippen LogP contribution >= 0.6 is 27.3 Å². The number of amides is 1. The van der Waals surface area contributed by atoms with Crippen molar-refractivity contribution in [3.8, 4) is 0 Å². The van der Waals surface area contributed by atoms with Gasteiger partial charge in [-0.3, -0.25) is 0 Å². The maximum absolute atomic E-state index is 11.9. The van der Waals surface area contributed by atoms with Gasteiger partial charge < -0.3 is 9.64 Å². The van der Waals surface area contributed by atoms with Crippen molar-refractivity contribution in [2.75, 3.05) is 19.7 Å². The first-order valence-corrected chi connectivity index (χ1v) is 8.03. The van der Waals surface area contributed by atoms with E-state index in [0.717, 1.165) is 25.9 Å². The van der Waals surface area contributed by atoms with Gasteiger partial charge in [0, 0.05) is 23.9 Å². The normalized spacial score (nSPS) is 21.7. The van der Waals surface area contributed by atoms with Crippen LogP contribution in [0.3, 0.4) is 0 Å². The Hall–Kier alpha value is -0.550. The van der Waals surface area contributed by atoms with Gasteiger partial charge in [0.15, 0.2) is 0 Å². The van der Waals surface area contributed by atoms with Crippen LogP contribution in [0.15, 0.2) is 3.79 Å². The van der Waals surface area contributed by atoms with Crippen molar-refractivity contribution < 1.29 is 9.53 Å². The van der Waals surface area contributed by atoms with E-state index in [1.807, 2.05) is 23.2 Å². The Morgan fingerprint density at radius 1 is 1.56 bits per heavy atom. The summed E-state index contributed by atoms with van der Waals surface area (Å²) < 4.78 is 6.43. The second kappa shape index (κ2) is 4.85. The Balaban J connectivity index is 1.84. The lowest BCUT2D eigenvalue weighted by Gasteiger charge is -2.22. The molecule has 1 atom stereocenters. The average molecular weight is 330 g/mol. The van der Waals surface area contributed by atoms with Crippen LogP contribution in [0.5, 0.6) is 0 Å². The van der Waals surface area contributed by atoms with Gasteiger partial charge in [-0.25, -0.2) is 4.79 Å². The summed E-state index contributed by atoms with van der Waals surface area (Å²) in [6.07, 6.45) is 3.13. The SMILES string of the molecule is CCOC(=O)N1CCc2sc(Br)c3c2[C@@H](CC3)C1. The zero-order valence-corrected chi connectivity index (χ0v) is 12.8. The van der Waals surface area contributed by atoms with Crippen LogP contribution in [0.25, 0.3) is 0 Å². The third-order valence-corrected chi connectivity index (χ3v) is 5.86. The first-order chi connectivity index (χ1) is 8.70. The Morgan fingerprint density at radius 2 is 2.39 bits per heavy atom. The maximum Gasteiger partial charge on any atom is 0.409 e. The van der Waals surface area contributed by atoms with Gasteiger partial charge in [0.2, 0.25) is 0 Å². The fourth-order valence-corrected chi connectivity index (χ4v) is 5.15. The average Bonchev–Trinajstić information content (AvgIpc) is 2.82. The Labute approximate surface area is 119 Å². The quantitative estimate of drug-likeness (QED) is 0.788. The van der Waals surface area contributed by atoms with Crippen LogP contribution in [0, 0.1) is 0 Å². The summed E-state index contributed by atoms with van der Waals surface area (Å²) in [4.78, 5) is 15.2. The van der Waals surface area contributed by atoms with Crippen LogP contribution in [-0.4, -0.2) is 30.7 Å². The Morgan fingerprint density at radius 3 is 3.17 bits per heavy atom. The first kappa shape index (κ1) is 12.5. The minimum atomic E-state index is -0.153. The van der Waals surface area contributed by atoms with Gasteiger partial charge in [0.25, 0.3) is 0 Å². The fraction of sp³-hybridized carbons (Fsp3) is 0.615. The van der Waals surface area contributed by atoms with Gasteiger partial charge in [-0.2, -0.15) is 0 Å². The molecule has 0 aromatic carbocycles. The maximum atomic E-state index is 11.9. The monoisotopic (exact) mass is 329 g/mol. The van der Waals surface area contributed by atoms with Crippen LogP contribution in [0.2, 0.25) is 0 Å². The van der Waals surface area contributed by atoms with E-state index in [1.165, 1.54) is 26.2 Å². The van der Waals surface area contributed by atoms with Crippen molar-refractivity contribution >= 4 is 33.4 Å². The third-order valence-electron chi connectivity index (χ3n) is 3.80. The molecule has 1 aromatic rings. The minimum Gasteiger partial charge on any atom is -0.450 e. The molecular formula is C13H16BrNO2S. The summed E-state index contributed by atoms with van der Waals surface area (Å²) in [5.41, 5.74) is 3.02. The highest BCUT2D eigenvalue weighted by Gasteiger charge is 2.34. The largest absolute Gasteiger partial charge is 0.450 e. The molecule has 18 heavy (non-hydrogen) atoms. The third kappa shape index (κ3) is 1.97. The number of carbonyl (C=O) groups excluding carboxylic acids is 1. The standard InChI is InChI=1S/C13H16BrNO2S/c1-2-17-13(16)15-6-5-10-11-8(7-15)3-4-9(11)12(14)18-10/h8H,2-7H2,1H3/t8-/m0/s1. The lowest BCUT2D eigenvalue weighted by atomic mass is 10.0. The van der Waals surface area contributed by atoms with E-state index < -0.39 is 0 Å². The predicted molar refractivity (Wildman–Crippen MR) is 75.4 cm³/mol. The van der Waals surface area contributed by atoms with E-state index in [4.69, 9.17) is 4.74 Å². The van der Waals surface area contributed by atoms with E-state index in [9.17, 15) is 4.79 Å². The molecule has 0 unspecified atom stereocenters. The summed E-state index contributed by atoms with van der Waals surface area (Å²) in [5.74, 6) is 0.518. The van der Waals surface area contributed by atoms with Crippen molar-refractivity contribution in [1.29, 1.82) is 0 Å². The Bertz CT molecular complexity index is 486. The number of ether oxygens (including phenoxy) is 1. The second-order valence-corrected chi connectivity index (χ2v) is 7.24. The van der Waals surface area contributed by atoms with Crippen molar-refractivity contribution in [3.63, 3.8) is 0 Å². The molecule has 0 N–H and O–H groups in total. The first-order valence-electron chi connectivity index (χ1n) is 6.42.